The molecule has 0 heterocycles. The average molecular weight is 218 g/mol. The summed E-state index contributed by atoms with van der Waals surface area (Å²) in [5.74, 6) is -0.0346. The van der Waals surface area contributed by atoms with Gasteiger partial charge < -0.3 is 5.32 Å². The Labute approximate surface area is 88.7 Å². The molecule has 0 aliphatic carbocycles. The van der Waals surface area contributed by atoms with Crippen LogP contribution in [0.3, 0.4) is 0 Å². The van der Waals surface area contributed by atoms with Crippen LogP contribution in [0.4, 0.5) is 13.2 Å². The van der Waals surface area contributed by atoms with Crippen LogP contribution in [0.25, 0.3) is 0 Å². The Morgan fingerprint density at radius 3 is 2.80 bits per heavy atom. The Kier molecular flexibility index (Phi) is 3.26. The Balaban J connectivity index is 2.82. The second-order valence-electron chi connectivity index (χ2n) is 3.48. The first-order valence-electron chi connectivity index (χ1n) is 5.33. The molecule has 0 aliphatic rings. The molecule has 4 heteroatoms. The molecule has 1 unspecified atom stereocenters. The van der Waals surface area contributed by atoms with E-state index in [4.69, 9.17) is 1.37 Å². The summed E-state index contributed by atoms with van der Waals surface area (Å²) < 4.78 is 44.2. The minimum Gasteiger partial charge on any atom is -0.319 e. The molecule has 1 atom stereocenters. The molecule has 0 aliphatic heterocycles. The Bertz CT molecular complexity index is 338. The number of likely N-dealkylation sites (N-methyl/N-ethyl adjacent to an activating group) is 1. The van der Waals surface area contributed by atoms with E-state index >= 15 is 0 Å². The van der Waals surface area contributed by atoms with E-state index in [1.807, 2.05) is 6.92 Å². The van der Waals surface area contributed by atoms with E-state index in [9.17, 15) is 13.2 Å². The van der Waals surface area contributed by atoms with E-state index in [0.29, 0.717) is 12.1 Å². The minimum atomic E-state index is -4.29. The molecule has 0 amide bonds. The van der Waals surface area contributed by atoms with Crippen LogP contribution in [-0.2, 0) is 6.18 Å². The number of alkyl halides is 3. The second-order valence-corrected chi connectivity index (χ2v) is 3.48. The summed E-state index contributed by atoms with van der Waals surface area (Å²) >= 11 is 0. The molecule has 0 aromatic heterocycles. The summed E-state index contributed by atoms with van der Waals surface area (Å²) in [5.41, 5.74) is 0.0125. The largest absolute Gasteiger partial charge is 0.416 e. The topological polar surface area (TPSA) is 12.0 Å². The first kappa shape index (κ1) is 10.5. The fourth-order valence-electron chi connectivity index (χ4n) is 1.36. The van der Waals surface area contributed by atoms with Crippen LogP contribution in [0.15, 0.2) is 24.3 Å². The third-order valence-electron chi connectivity index (χ3n) is 2.23. The van der Waals surface area contributed by atoms with Crippen LogP contribution >= 0.6 is 0 Å². The summed E-state index contributed by atoms with van der Waals surface area (Å²) in [6, 6.07) is 5.31. The summed E-state index contributed by atoms with van der Waals surface area (Å²) in [7, 11) is 0.0727. The number of rotatable bonds is 3. The summed E-state index contributed by atoms with van der Waals surface area (Å²) in [6.45, 7) is 2.34. The lowest BCUT2D eigenvalue weighted by Gasteiger charge is -2.13. The first-order valence-corrected chi connectivity index (χ1v) is 4.62. The number of halogens is 3. The number of benzene rings is 1. The molecule has 1 N–H and O–H groups in total. The molecular weight excluding hydrogens is 203 g/mol. The van der Waals surface area contributed by atoms with Crippen molar-refractivity contribution in [2.45, 2.75) is 19.0 Å². The molecule has 0 radical (unpaired) electrons. The lowest BCUT2D eigenvalue weighted by atomic mass is 9.99. The lowest BCUT2D eigenvalue weighted by Crippen LogP contribution is -2.15. The third kappa shape index (κ3) is 3.23. The fraction of sp³-hybridized carbons (Fsp3) is 0.455. The highest BCUT2D eigenvalue weighted by Gasteiger charge is 2.30. The highest BCUT2D eigenvalue weighted by molar-refractivity contribution is 5.28. The van der Waals surface area contributed by atoms with Crippen molar-refractivity contribution in [3.63, 3.8) is 0 Å². The van der Waals surface area contributed by atoms with E-state index in [0.717, 1.165) is 12.1 Å². The Morgan fingerprint density at radius 2 is 2.20 bits per heavy atom. The Morgan fingerprint density at radius 1 is 1.47 bits per heavy atom. The monoisotopic (exact) mass is 218 g/mol. The van der Waals surface area contributed by atoms with Gasteiger partial charge >= 0.3 is 6.18 Å². The maximum atomic E-state index is 12.4. The van der Waals surface area contributed by atoms with Gasteiger partial charge in [-0.2, -0.15) is 13.2 Å². The summed E-state index contributed by atoms with van der Waals surface area (Å²) in [4.78, 5) is 0. The van der Waals surface area contributed by atoms with E-state index in [1.165, 1.54) is 6.07 Å². The zero-order valence-electron chi connectivity index (χ0n) is 9.43. The zero-order chi connectivity index (χ0) is 12.2. The zero-order valence-corrected chi connectivity index (χ0v) is 8.43. The van der Waals surface area contributed by atoms with Crippen LogP contribution in [0.2, 0.25) is 0 Å². The molecule has 15 heavy (non-hydrogen) atoms. The van der Waals surface area contributed by atoms with E-state index in [-0.39, 0.29) is 12.9 Å². The molecule has 1 aromatic carbocycles. The van der Waals surface area contributed by atoms with Crippen molar-refractivity contribution in [2.75, 3.05) is 13.6 Å². The van der Waals surface area contributed by atoms with Crippen LogP contribution in [0.1, 0.15) is 25.3 Å². The number of nitrogens with one attached hydrogen (secondary N) is 1. The molecule has 0 saturated heterocycles. The third-order valence-corrected chi connectivity index (χ3v) is 2.23. The molecule has 0 saturated carbocycles. The van der Waals surface area contributed by atoms with Crippen molar-refractivity contribution in [3.8, 4) is 0 Å². The maximum Gasteiger partial charge on any atom is 0.416 e. The Hall–Kier alpha value is -1.03. The van der Waals surface area contributed by atoms with Gasteiger partial charge in [0.2, 0.25) is 0 Å². The molecule has 0 spiro atoms. The summed E-state index contributed by atoms with van der Waals surface area (Å²) in [5, 5.41) is 2.79. The highest BCUT2D eigenvalue weighted by Crippen LogP contribution is 2.30. The average Bonchev–Trinajstić information content (AvgIpc) is 2.25. The minimum absolute atomic E-state index is 0.0346. The molecule has 0 bridgehead atoms. The number of hydrogen-bond donors (Lipinski definition) is 1. The van der Waals surface area contributed by atoms with Gasteiger partial charge in [-0.1, -0.05) is 25.1 Å². The van der Waals surface area contributed by atoms with Crippen LogP contribution in [0.5, 0.6) is 0 Å². The van der Waals surface area contributed by atoms with E-state index < -0.39 is 11.7 Å². The van der Waals surface area contributed by atoms with Crippen molar-refractivity contribution in [2.24, 2.45) is 0 Å². The smallest absolute Gasteiger partial charge is 0.319 e. The van der Waals surface area contributed by atoms with Crippen molar-refractivity contribution in [1.29, 1.82) is 0 Å². The molecule has 1 nitrogen and oxygen atoms in total. The van der Waals surface area contributed by atoms with Crippen molar-refractivity contribution in [3.05, 3.63) is 35.4 Å². The second kappa shape index (κ2) is 4.66. The normalized spacial score (nSPS) is 14.8. The number of hydrogen-bond acceptors (Lipinski definition) is 1. The predicted octanol–water partition coefficient (Wildman–Crippen LogP) is 3.03. The first-order chi connectivity index (χ1) is 7.45. The van der Waals surface area contributed by atoms with Crippen LogP contribution in [0, 0.1) is 0 Å². The van der Waals surface area contributed by atoms with Crippen molar-refractivity contribution in [1.82, 2.24) is 5.32 Å². The lowest BCUT2D eigenvalue weighted by molar-refractivity contribution is -0.137. The van der Waals surface area contributed by atoms with Gasteiger partial charge in [0.05, 0.1) is 5.56 Å². The summed E-state index contributed by atoms with van der Waals surface area (Å²) in [6.07, 6.45) is -4.29. The maximum absolute atomic E-state index is 12.4. The van der Waals surface area contributed by atoms with E-state index in [1.54, 1.807) is 6.07 Å². The van der Waals surface area contributed by atoms with Gasteiger partial charge in [0, 0.05) is 7.92 Å². The quantitative estimate of drug-likeness (QED) is 0.822. The van der Waals surface area contributed by atoms with Gasteiger partial charge in [-0.25, -0.2) is 0 Å². The molecule has 84 valence electrons. The standard InChI is InChI=1S/C11H14F3N/c1-8(7-15-2)9-4-3-5-10(6-9)11(12,13)14/h3-6,8,15H,7H2,1-2H3/i2D. The van der Waals surface area contributed by atoms with Gasteiger partial charge in [0.25, 0.3) is 0 Å². The highest BCUT2D eigenvalue weighted by atomic mass is 19.4. The van der Waals surface area contributed by atoms with Gasteiger partial charge in [-0.15, -0.1) is 0 Å². The van der Waals surface area contributed by atoms with Gasteiger partial charge in [-0.3, -0.25) is 0 Å². The van der Waals surface area contributed by atoms with Crippen LogP contribution < -0.4 is 5.32 Å². The predicted molar refractivity (Wildman–Crippen MR) is 53.8 cm³/mol. The van der Waals surface area contributed by atoms with Crippen LogP contribution in [-0.4, -0.2) is 13.6 Å². The SMILES string of the molecule is [2H]CNCC(C)c1cccc(C(F)(F)F)c1. The van der Waals surface area contributed by atoms with Gasteiger partial charge in [0.1, 0.15) is 0 Å². The van der Waals surface area contributed by atoms with Crippen molar-refractivity contribution < 1.29 is 14.5 Å². The molecule has 1 aromatic rings. The molecule has 0 fully saturated rings. The van der Waals surface area contributed by atoms with Gasteiger partial charge in [0.15, 0.2) is 0 Å². The molecular formula is C11H14F3N. The molecule has 1 rings (SSSR count). The van der Waals surface area contributed by atoms with E-state index in [2.05, 4.69) is 5.32 Å². The fourth-order valence-corrected chi connectivity index (χ4v) is 1.36. The van der Waals surface area contributed by atoms with Crippen molar-refractivity contribution >= 4 is 0 Å². The van der Waals surface area contributed by atoms with Gasteiger partial charge in [-0.05, 0) is 24.6 Å².